The van der Waals surface area contributed by atoms with Crippen molar-refractivity contribution in [3.8, 4) is 28.7 Å². The highest BCUT2D eigenvalue weighted by atomic mass is 16.6. The lowest BCUT2D eigenvalue weighted by Crippen LogP contribution is -2.41. The van der Waals surface area contributed by atoms with Gasteiger partial charge in [-0.15, -0.1) is 0 Å². The number of aliphatic hydroxyl groups is 1. The van der Waals surface area contributed by atoms with Gasteiger partial charge >= 0.3 is 0 Å². The molecule has 2 unspecified atom stereocenters. The van der Waals surface area contributed by atoms with Crippen LogP contribution in [0.2, 0.25) is 0 Å². The third kappa shape index (κ3) is 4.91. The van der Waals surface area contributed by atoms with E-state index in [2.05, 4.69) is 4.90 Å². The zero-order chi connectivity index (χ0) is 24.1. The molecule has 7 nitrogen and oxygen atoms in total. The second-order valence-electron chi connectivity index (χ2n) is 8.83. The molecule has 2 aromatic carbocycles. The Morgan fingerprint density at radius 2 is 1.68 bits per heavy atom. The topological polar surface area (TPSA) is 69.6 Å². The first-order valence-corrected chi connectivity index (χ1v) is 12.3. The van der Waals surface area contributed by atoms with E-state index in [1.54, 1.807) is 21.3 Å². The summed E-state index contributed by atoms with van der Waals surface area (Å²) in [7, 11) is 4.92. The van der Waals surface area contributed by atoms with Crippen LogP contribution < -0.4 is 23.7 Å². The molecular formula is C27H37NO6. The number of nitrogens with zero attached hydrogens (tertiary/aromatic N) is 1. The van der Waals surface area contributed by atoms with Gasteiger partial charge < -0.3 is 28.8 Å². The molecule has 2 atom stereocenters. The van der Waals surface area contributed by atoms with Crippen molar-refractivity contribution < 1.29 is 28.8 Å². The smallest absolute Gasteiger partial charge is 0.204 e. The van der Waals surface area contributed by atoms with Crippen LogP contribution >= 0.6 is 0 Å². The monoisotopic (exact) mass is 471 g/mol. The van der Waals surface area contributed by atoms with Crippen molar-refractivity contribution in [3.63, 3.8) is 0 Å². The molecule has 2 heterocycles. The van der Waals surface area contributed by atoms with Crippen LogP contribution in [0.25, 0.3) is 0 Å². The fourth-order valence-electron chi connectivity index (χ4n) is 5.05. The van der Waals surface area contributed by atoms with E-state index in [1.807, 2.05) is 31.2 Å². The molecule has 7 heteroatoms. The molecule has 1 fully saturated rings. The summed E-state index contributed by atoms with van der Waals surface area (Å²) in [4.78, 5) is 2.39. The van der Waals surface area contributed by atoms with Gasteiger partial charge in [0.2, 0.25) is 5.75 Å². The number of fused-ring (bicyclic) bond motifs is 1. The van der Waals surface area contributed by atoms with Crippen LogP contribution in [0.5, 0.6) is 28.7 Å². The predicted molar refractivity (Wildman–Crippen MR) is 131 cm³/mol. The highest BCUT2D eigenvalue weighted by Gasteiger charge is 2.39. The van der Waals surface area contributed by atoms with E-state index in [4.69, 9.17) is 23.7 Å². The van der Waals surface area contributed by atoms with Crippen molar-refractivity contribution in [2.24, 2.45) is 0 Å². The lowest BCUT2D eigenvalue weighted by molar-refractivity contribution is 0.0272. The number of likely N-dealkylation sites (tertiary alicyclic amines) is 1. The van der Waals surface area contributed by atoms with Crippen LogP contribution in [-0.4, -0.2) is 57.3 Å². The summed E-state index contributed by atoms with van der Waals surface area (Å²) in [6, 6.07) is 7.91. The molecule has 34 heavy (non-hydrogen) atoms. The maximum Gasteiger partial charge on any atom is 0.204 e. The number of methoxy groups -OCH3 is 3. The predicted octanol–water partition coefficient (Wildman–Crippen LogP) is 4.52. The van der Waals surface area contributed by atoms with Gasteiger partial charge in [0.25, 0.3) is 0 Å². The Morgan fingerprint density at radius 3 is 2.29 bits per heavy atom. The Hall–Kier alpha value is -2.64. The van der Waals surface area contributed by atoms with Crippen LogP contribution in [0.4, 0.5) is 0 Å². The molecule has 0 amide bonds. The van der Waals surface area contributed by atoms with Gasteiger partial charge in [0, 0.05) is 25.1 Å². The molecule has 0 spiro atoms. The molecule has 2 aliphatic rings. The summed E-state index contributed by atoms with van der Waals surface area (Å²) >= 11 is 0. The van der Waals surface area contributed by atoms with E-state index in [1.165, 1.54) is 19.3 Å². The lowest BCUT2D eigenvalue weighted by atomic mass is 9.95. The van der Waals surface area contributed by atoms with E-state index >= 15 is 0 Å². The minimum atomic E-state index is -0.785. The second-order valence-corrected chi connectivity index (χ2v) is 8.83. The number of rotatable bonds is 10. The summed E-state index contributed by atoms with van der Waals surface area (Å²) in [5.41, 5.74) is 2.70. The Morgan fingerprint density at radius 1 is 0.971 bits per heavy atom. The maximum atomic E-state index is 11.4. The van der Waals surface area contributed by atoms with E-state index in [-0.39, 0.29) is 6.23 Å². The molecular weight excluding hydrogens is 434 g/mol. The molecule has 0 radical (unpaired) electrons. The third-order valence-electron chi connectivity index (χ3n) is 6.78. The number of aryl methyl sites for hydroxylation is 1. The van der Waals surface area contributed by atoms with E-state index in [0.29, 0.717) is 54.4 Å². The van der Waals surface area contributed by atoms with Crippen molar-refractivity contribution in [3.05, 3.63) is 41.0 Å². The van der Waals surface area contributed by atoms with Crippen LogP contribution in [0.1, 0.15) is 55.4 Å². The largest absolute Gasteiger partial charge is 0.497 e. The Kier molecular flexibility index (Phi) is 8.06. The van der Waals surface area contributed by atoms with E-state index in [0.717, 1.165) is 30.0 Å². The molecule has 0 aliphatic carbocycles. The Balaban J connectivity index is 1.65. The summed E-state index contributed by atoms with van der Waals surface area (Å²) < 4.78 is 29.4. The number of benzene rings is 2. The zero-order valence-electron chi connectivity index (χ0n) is 20.8. The third-order valence-corrected chi connectivity index (χ3v) is 6.78. The molecule has 4 rings (SSSR count). The SMILES string of the molecule is CCOc1c(OC)c2c(c(OC)c1C(O)CCc1ccc(OC)cc1)CC(N1CCCCC1)O2. The quantitative estimate of drug-likeness (QED) is 0.546. The van der Waals surface area contributed by atoms with Gasteiger partial charge in [-0.25, -0.2) is 0 Å². The second kappa shape index (κ2) is 11.2. The number of aliphatic hydroxyl groups excluding tert-OH is 1. The van der Waals surface area contributed by atoms with E-state index < -0.39 is 6.10 Å². The van der Waals surface area contributed by atoms with Crippen molar-refractivity contribution >= 4 is 0 Å². The fraction of sp³-hybridized carbons (Fsp3) is 0.556. The minimum Gasteiger partial charge on any atom is -0.497 e. The molecule has 1 N–H and O–H groups in total. The highest BCUT2D eigenvalue weighted by Crippen LogP contribution is 2.55. The molecule has 0 saturated carbocycles. The molecule has 186 valence electrons. The zero-order valence-corrected chi connectivity index (χ0v) is 20.8. The van der Waals surface area contributed by atoms with Gasteiger partial charge in [0.1, 0.15) is 11.5 Å². The van der Waals surface area contributed by atoms with Crippen LogP contribution in [0, 0.1) is 0 Å². The average Bonchev–Trinajstić information content (AvgIpc) is 3.32. The van der Waals surface area contributed by atoms with Crippen molar-refractivity contribution in [1.82, 2.24) is 4.90 Å². The van der Waals surface area contributed by atoms with E-state index in [9.17, 15) is 5.11 Å². The van der Waals surface area contributed by atoms with Gasteiger partial charge in [-0.2, -0.15) is 0 Å². The fourth-order valence-corrected chi connectivity index (χ4v) is 5.05. The molecule has 0 bridgehead atoms. The van der Waals surface area contributed by atoms with Gasteiger partial charge in [-0.05, 0) is 50.3 Å². The van der Waals surface area contributed by atoms with Crippen LogP contribution in [-0.2, 0) is 12.8 Å². The minimum absolute atomic E-state index is 0.0562. The molecule has 2 aliphatic heterocycles. The standard InChI is InChI=1S/C27H37NO6/c1-5-33-26-23(21(29)14-11-18-9-12-19(30-2)13-10-18)24(31-3)20-17-22(28-15-7-6-8-16-28)34-25(20)27(26)32-4/h9-10,12-13,21-22,29H,5-8,11,14-17H2,1-4H3. The Bertz CT molecular complexity index is 955. The van der Waals surface area contributed by atoms with Gasteiger partial charge in [-0.3, -0.25) is 4.90 Å². The normalized spacial score (nSPS) is 18.7. The lowest BCUT2D eigenvalue weighted by Gasteiger charge is -2.31. The van der Waals surface area contributed by atoms with Crippen molar-refractivity contribution in [1.29, 1.82) is 0 Å². The summed E-state index contributed by atoms with van der Waals surface area (Å²) in [5, 5.41) is 11.4. The summed E-state index contributed by atoms with van der Waals surface area (Å²) in [6.07, 6.45) is 4.70. The van der Waals surface area contributed by atoms with Crippen LogP contribution in [0.15, 0.2) is 24.3 Å². The first-order chi connectivity index (χ1) is 16.6. The first kappa shape index (κ1) is 24.5. The average molecular weight is 472 g/mol. The molecule has 0 aromatic heterocycles. The highest BCUT2D eigenvalue weighted by molar-refractivity contribution is 5.68. The van der Waals surface area contributed by atoms with Gasteiger partial charge in [0.15, 0.2) is 17.7 Å². The summed E-state index contributed by atoms with van der Waals surface area (Å²) in [6.45, 7) is 4.41. The Labute approximate surface area is 202 Å². The van der Waals surface area contributed by atoms with Crippen molar-refractivity contribution in [2.75, 3.05) is 41.0 Å². The van der Waals surface area contributed by atoms with Crippen LogP contribution in [0.3, 0.4) is 0 Å². The maximum absolute atomic E-state index is 11.4. The first-order valence-electron chi connectivity index (χ1n) is 12.3. The summed E-state index contributed by atoms with van der Waals surface area (Å²) in [5.74, 6) is 3.17. The van der Waals surface area contributed by atoms with Gasteiger partial charge in [0.05, 0.1) is 39.6 Å². The number of ether oxygens (including phenoxy) is 5. The molecule has 1 saturated heterocycles. The number of piperidine rings is 1. The van der Waals surface area contributed by atoms with Crippen molar-refractivity contribution in [2.45, 2.75) is 57.8 Å². The number of hydrogen-bond acceptors (Lipinski definition) is 7. The number of hydrogen-bond donors (Lipinski definition) is 1. The molecule has 2 aromatic rings. The van der Waals surface area contributed by atoms with Gasteiger partial charge in [-0.1, -0.05) is 18.6 Å².